The first-order valence-electron chi connectivity index (χ1n) is 5.27. The van der Waals surface area contributed by atoms with E-state index in [1.807, 2.05) is 0 Å². The van der Waals surface area contributed by atoms with Crippen molar-refractivity contribution in [2.24, 2.45) is 0 Å². The second kappa shape index (κ2) is 4.02. The fourth-order valence-electron chi connectivity index (χ4n) is 1.85. The standard InChI is InChI=1S/C10H11N5O2/c16-10(15-6-2-14-17-4-6)8-1-7-9(3-11-8)13-5-12-7/h2,4-5,8,11H,1,3H2,(H,12,13)(H,15,16). The minimum Gasteiger partial charge on any atom is -0.363 e. The summed E-state index contributed by atoms with van der Waals surface area (Å²) in [4.78, 5) is 19.1. The van der Waals surface area contributed by atoms with Gasteiger partial charge in [-0.1, -0.05) is 5.16 Å². The number of nitrogens with one attached hydrogen (secondary N) is 3. The topological polar surface area (TPSA) is 95.8 Å². The van der Waals surface area contributed by atoms with E-state index in [4.69, 9.17) is 0 Å². The van der Waals surface area contributed by atoms with Crippen molar-refractivity contribution >= 4 is 11.6 Å². The summed E-state index contributed by atoms with van der Waals surface area (Å²) in [6.45, 7) is 0.622. The van der Waals surface area contributed by atoms with E-state index in [1.165, 1.54) is 12.5 Å². The summed E-state index contributed by atoms with van der Waals surface area (Å²) in [6.07, 6.45) is 5.07. The van der Waals surface area contributed by atoms with Crippen LogP contribution in [0.2, 0.25) is 0 Å². The zero-order valence-corrected chi connectivity index (χ0v) is 8.93. The lowest BCUT2D eigenvalue weighted by Crippen LogP contribution is -2.44. The minimum atomic E-state index is -0.277. The smallest absolute Gasteiger partial charge is 0.242 e. The van der Waals surface area contributed by atoms with Crippen LogP contribution in [0.1, 0.15) is 11.4 Å². The molecule has 3 rings (SSSR count). The summed E-state index contributed by atoms with van der Waals surface area (Å²) >= 11 is 0. The molecule has 3 heterocycles. The Hall–Kier alpha value is -2.15. The molecule has 0 saturated carbocycles. The molecule has 1 unspecified atom stereocenters. The van der Waals surface area contributed by atoms with Crippen LogP contribution in [0, 0.1) is 0 Å². The van der Waals surface area contributed by atoms with E-state index >= 15 is 0 Å². The van der Waals surface area contributed by atoms with Crippen LogP contribution in [-0.2, 0) is 17.8 Å². The van der Waals surface area contributed by atoms with Crippen molar-refractivity contribution in [3.63, 3.8) is 0 Å². The van der Waals surface area contributed by atoms with Gasteiger partial charge in [-0.3, -0.25) is 10.1 Å². The van der Waals surface area contributed by atoms with E-state index in [-0.39, 0.29) is 11.9 Å². The Bertz CT molecular complexity index is 519. The molecule has 2 aromatic heterocycles. The van der Waals surface area contributed by atoms with Gasteiger partial charge in [0, 0.05) is 13.0 Å². The molecule has 17 heavy (non-hydrogen) atoms. The molecular formula is C10H11N5O2. The van der Waals surface area contributed by atoms with Gasteiger partial charge < -0.3 is 14.8 Å². The van der Waals surface area contributed by atoms with Crippen LogP contribution >= 0.6 is 0 Å². The van der Waals surface area contributed by atoms with Crippen molar-refractivity contribution in [2.75, 3.05) is 5.32 Å². The van der Waals surface area contributed by atoms with Gasteiger partial charge in [-0.25, -0.2) is 4.98 Å². The molecular weight excluding hydrogens is 222 g/mol. The zero-order valence-electron chi connectivity index (χ0n) is 8.93. The van der Waals surface area contributed by atoms with Gasteiger partial charge in [0.1, 0.15) is 12.0 Å². The lowest BCUT2D eigenvalue weighted by atomic mass is 10.0. The Balaban J connectivity index is 1.68. The Labute approximate surface area is 96.6 Å². The van der Waals surface area contributed by atoms with Gasteiger partial charge in [-0.2, -0.15) is 0 Å². The number of hydrogen-bond donors (Lipinski definition) is 3. The van der Waals surface area contributed by atoms with Crippen molar-refractivity contribution in [3.05, 3.63) is 30.2 Å². The van der Waals surface area contributed by atoms with Crippen LogP contribution in [0.25, 0.3) is 0 Å². The van der Waals surface area contributed by atoms with E-state index in [0.29, 0.717) is 18.7 Å². The molecule has 0 radical (unpaired) electrons. The SMILES string of the molecule is O=C(Nc1cnoc1)C1Cc2nc[nH]c2CN1. The van der Waals surface area contributed by atoms with Crippen molar-refractivity contribution < 1.29 is 9.32 Å². The molecule has 1 atom stereocenters. The van der Waals surface area contributed by atoms with Gasteiger partial charge in [0.25, 0.3) is 0 Å². The number of carbonyl (C=O) groups is 1. The highest BCUT2D eigenvalue weighted by Crippen LogP contribution is 2.13. The number of aromatic nitrogens is 3. The van der Waals surface area contributed by atoms with E-state index in [2.05, 4.69) is 30.3 Å². The van der Waals surface area contributed by atoms with Crippen LogP contribution in [-0.4, -0.2) is 27.1 Å². The normalized spacial score (nSPS) is 18.7. The summed E-state index contributed by atoms with van der Waals surface area (Å²) < 4.78 is 4.64. The van der Waals surface area contributed by atoms with Crippen molar-refractivity contribution in [2.45, 2.75) is 19.0 Å². The van der Waals surface area contributed by atoms with Crippen LogP contribution in [0.3, 0.4) is 0 Å². The molecule has 1 aliphatic heterocycles. The Morgan fingerprint density at radius 3 is 3.35 bits per heavy atom. The summed E-state index contributed by atoms with van der Waals surface area (Å²) in [5.41, 5.74) is 2.54. The van der Waals surface area contributed by atoms with Crippen molar-refractivity contribution in [1.82, 2.24) is 20.4 Å². The molecule has 7 heteroatoms. The number of fused-ring (bicyclic) bond motifs is 1. The molecule has 1 aliphatic rings. The van der Waals surface area contributed by atoms with Crippen molar-refractivity contribution in [3.8, 4) is 0 Å². The van der Waals surface area contributed by atoms with E-state index in [0.717, 1.165) is 11.4 Å². The molecule has 3 N–H and O–H groups in total. The van der Waals surface area contributed by atoms with Crippen LogP contribution in [0.4, 0.5) is 5.69 Å². The number of amides is 1. The Morgan fingerprint density at radius 2 is 2.53 bits per heavy atom. The molecule has 0 spiro atoms. The highest BCUT2D eigenvalue weighted by molar-refractivity contribution is 5.94. The molecule has 7 nitrogen and oxygen atoms in total. The van der Waals surface area contributed by atoms with Gasteiger partial charge >= 0.3 is 0 Å². The molecule has 0 bridgehead atoms. The summed E-state index contributed by atoms with van der Waals surface area (Å²) in [6, 6.07) is -0.277. The number of nitrogens with zero attached hydrogens (tertiary/aromatic N) is 2. The summed E-state index contributed by atoms with van der Waals surface area (Å²) in [7, 11) is 0. The first kappa shape index (κ1) is 10.0. The predicted molar refractivity (Wildman–Crippen MR) is 58.1 cm³/mol. The molecule has 0 fully saturated rings. The van der Waals surface area contributed by atoms with Gasteiger partial charge in [-0.15, -0.1) is 0 Å². The maximum absolute atomic E-state index is 11.9. The molecule has 1 amide bonds. The number of imidazole rings is 1. The van der Waals surface area contributed by atoms with E-state index in [9.17, 15) is 4.79 Å². The maximum atomic E-state index is 11.9. The average molecular weight is 233 g/mol. The third kappa shape index (κ3) is 1.92. The van der Waals surface area contributed by atoms with Crippen LogP contribution in [0.15, 0.2) is 23.3 Å². The summed E-state index contributed by atoms with van der Waals surface area (Å²) in [5.74, 6) is -0.109. The second-order valence-electron chi connectivity index (χ2n) is 3.87. The van der Waals surface area contributed by atoms with Crippen molar-refractivity contribution in [1.29, 1.82) is 0 Å². The lowest BCUT2D eigenvalue weighted by molar-refractivity contribution is -0.118. The maximum Gasteiger partial charge on any atom is 0.242 e. The van der Waals surface area contributed by atoms with E-state index in [1.54, 1.807) is 6.33 Å². The van der Waals surface area contributed by atoms with E-state index < -0.39 is 0 Å². The monoisotopic (exact) mass is 233 g/mol. The number of rotatable bonds is 2. The van der Waals surface area contributed by atoms with Gasteiger partial charge in [0.05, 0.1) is 30.0 Å². The minimum absolute atomic E-state index is 0.109. The molecule has 0 aliphatic carbocycles. The molecule has 0 saturated heterocycles. The number of aromatic amines is 1. The number of anilines is 1. The van der Waals surface area contributed by atoms with Gasteiger partial charge in [-0.05, 0) is 0 Å². The second-order valence-corrected chi connectivity index (χ2v) is 3.87. The number of hydrogen-bond acceptors (Lipinski definition) is 5. The highest BCUT2D eigenvalue weighted by atomic mass is 16.5. The zero-order chi connectivity index (χ0) is 11.7. The van der Waals surface area contributed by atoms with Gasteiger partial charge in [0.2, 0.25) is 5.91 Å². The third-order valence-electron chi connectivity index (χ3n) is 2.75. The first-order chi connectivity index (χ1) is 8.33. The number of carbonyl (C=O) groups excluding carboxylic acids is 1. The highest BCUT2D eigenvalue weighted by Gasteiger charge is 2.25. The summed E-state index contributed by atoms with van der Waals surface area (Å²) in [5, 5.41) is 9.38. The average Bonchev–Trinajstić information content (AvgIpc) is 2.97. The molecule has 2 aromatic rings. The third-order valence-corrected chi connectivity index (χ3v) is 2.75. The Kier molecular flexibility index (Phi) is 2.37. The quantitative estimate of drug-likeness (QED) is 0.681. The fraction of sp³-hybridized carbons (Fsp3) is 0.300. The molecule has 0 aromatic carbocycles. The first-order valence-corrected chi connectivity index (χ1v) is 5.27. The fourth-order valence-corrected chi connectivity index (χ4v) is 1.85. The largest absolute Gasteiger partial charge is 0.363 e. The van der Waals surface area contributed by atoms with Gasteiger partial charge in [0.15, 0.2) is 0 Å². The van der Waals surface area contributed by atoms with Crippen LogP contribution < -0.4 is 10.6 Å². The number of H-pyrrole nitrogens is 1. The predicted octanol–water partition coefficient (Wildman–Crippen LogP) is 0.0507. The Morgan fingerprint density at radius 1 is 1.59 bits per heavy atom. The van der Waals surface area contributed by atoms with Crippen LogP contribution in [0.5, 0.6) is 0 Å². The molecule has 88 valence electrons. The lowest BCUT2D eigenvalue weighted by Gasteiger charge is -2.21.